The Morgan fingerprint density at radius 1 is 1.21 bits per heavy atom. The molecular weight excluding hydrogens is 416 g/mol. The molecule has 0 radical (unpaired) electrons. The number of carbonyl (C=O) groups is 1. The molecule has 0 saturated carbocycles. The number of aromatic nitrogens is 3. The maximum Gasteiger partial charge on any atom is 0.357 e. The Kier molecular flexibility index (Phi) is 6.30. The van der Waals surface area contributed by atoms with E-state index in [2.05, 4.69) is 10.1 Å². The summed E-state index contributed by atoms with van der Waals surface area (Å²) in [6.07, 6.45) is 3.49. The van der Waals surface area contributed by atoms with Crippen LogP contribution in [0.1, 0.15) is 10.5 Å². The Balaban J connectivity index is 1.48. The number of ether oxygens (including phenoxy) is 2. The summed E-state index contributed by atoms with van der Waals surface area (Å²) in [4.78, 5) is 16.5. The fourth-order valence-electron chi connectivity index (χ4n) is 2.32. The predicted octanol–water partition coefficient (Wildman–Crippen LogP) is 2.03. The van der Waals surface area contributed by atoms with Crippen LogP contribution in [0.4, 0.5) is 0 Å². The van der Waals surface area contributed by atoms with Gasteiger partial charge in [-0.3, -0.25) is 4.68 Å². The van der Waals surface area contributed by atoms with Crippen molar-refractivity contribution < 1.29 is 22.7 Å². The number of nitrogens with zero attached hydrogens (tertiary/aromatic N) is 4. The molecule has 3 rings (SSSR count). The Morgan fingerprint density at radius 2 is 1.93 bits per heavy atom. The molecule has 2 aromatic heterocycles. The number of esters is 1. The summed E-state index contributed by atoms with van der Waals surface area (Å²) in [7, 11) is 1.26. The standard InChI is InChI=1S/C18H20N4O5S2/c1-21(2)29(24,25)15-6-4-14(5-7-15)26-8-9-27-18(23)16-12-28-17(20-16)13-10-19-22(3)11-13/h4-7,10-12H,8-9H2,1-3H3. The van der Waals surface area contributed by atoms with Crippen molar-refractivity contribution >= 4 is 27.3 Å². The largest absolute Gasteiger partial charge is 0.490 e. The molecule has 0 atom stereocenters. The number of sulfonamides is 1. The van der Waals surface area contributed by atoms with Gasteiger partial charge in [-0.2, -0.15) is 5.10 Å². The van der Waals surface area contributed by atoms with E-state index in [1.165, 1.54) is 37.6 Å². The van der Waals surface area contributed by atoms with E-state index in [1.807, 2.05) is 6.20 Å². The van der Waals surface area contributed by atoms with Crippen LogP contribution < -0.4 is 4.74 Å². The van der Waals surface area contributed by atoms with Crippen LogP contribution in [0.25, 0.3) is 10.6 Å². The molecular formula is C18H20N4O5S2. The molecule has 0 aliphatic heterocycles. The Hall–Kier alpha value is -2.76. The third-order valence-corrected chi connectivity index (χ3v) is 6.57. The van der Waals surface area contributed by atoms with Crippen LogP contribution >= 0.6 is 11.3 Å². The first kappa shape index (κ1) is 21.0. The van der Waals surface area contributed by atoms with E-state index < -0.39 is 16.0 Å². The summed E-state index contributed by atoms with van der Waals surface area (Å²) in [5.41, 5.74) is 1.06. The summed E-state index contributed by atoms with van der Waals surface area (Å²) in [6, 6.07) is 6.04. The highest BCUT2D eigenvalue weighted by atomic mass is 32.2. The third-order valence-electron chi connectivity index (χ3n) is 3.85. The molecule has 0 aliphatic rings. The molecule has 0 aliphatic carbocycles. The Labute approximate surface area is 172 Å². The summed E-state index contributed by atoms with van der Waals surface area (Å²) >= 11 is 1.34. The van der Waals surface area contributed by atoms with E-state index in [0.29, 0.717) is 10.8 Å². The van der Waals surface area contributed by atoms with Gasteiger partial charge in [0.05, 0.1) is 11.1 Å². The van der Waals surface area contributed by atoms with Gasteiger partial charge in [0.1, 0.15) is 24.0 Å². The van der Waals surface area contributed by atoms with E-state index >= 15 is 0 Å². The molecule has 0 bridgehead atoms. The van der Waals surface area contributed by atoms with Gasteiger partial charge >= 0.3 is 5.97 Å². The van der Waals surface area contributed by atoms with Crippen LogP contribution in [-0.4, -0.2) is 60.8 Å². The number of hydrogen-bond donors (Lipinski definition) is 0. The van der Waals surface area contributed by atoms with Crippen molar-refractivity contribution in [3.8, 4) is 16.3 Å². The van der Waals surface area contributed by atoms with Crippen LogP contribution in [0.5, 0.6) is 5.75 Å². The lowest BCUT2D eigenvalue weighted by Crippen LogP contribution is -2.22. The second kappa shape index (κ2) is 8.72. The van der Waals surface area contributed by atoms with Gasteiger partial charge in [0.2, 0.25) is 10.0 Å². The normalized spacial score (nSPS) is 11.6. The highest BCUT2D eigenvalue weighted by Gasteiger charge is 2.17. The topological polar surface area (TPSA) is 104 Å². The molecule has 154 valence electrons. The SMILES string of the molecule is CN(C)S(=O)(=O)c1ccc(OCCOC(=O)c2csc(-c3cnn(C)c3)n2)cc1. The van der Waals surface area contributed by atoms with Crippen molar-refractivity contribution in [3.63, 3.8) is 0 Å². The highest BCUT2D eigenvalue weighted by molar-refractivity contribution is 7.89. The van der Waals surface area contributed by atoms with Crippen LogP contribution in [0.15, 0.2) is 46.9 Å². The maximum absolute atomic E-state index is 12.1. The molecule has 0 amide bonds. The van der Waals surface area contributed by atoms with E-state index in [0.717, 1.165) is 9.87 Å². The van der Waals surface area contributed by atoms with Crippen molar-refractivity contribution in [2.75, 3.05) is 27.3 Å². The molecule has 0 N–H and O–H groups in total. The summed E-state index contributed by atoms with van der Waals surface area (Å²) < 4.78 is 37.5. The van der Waals surface area contributed by atoms with Gasteiger partial charge in [0.25, 0.3) is 0 Å². The molecule has 0 unspecified atom stereocenters. The van der Waals surface area contributed by atoms with Gasteiger partial charge in [0, 0.05) is 38.3 Å². The fraction of sp³-hybridized carbons (Fsp3) is 0.278. The van der Waals surface area contributed by atoms with Gasteiger partial charge in [-0.25, -0.2) is 22.5 Å². The summed E-state index contributed by atoms with van der Waals surface area (Å²) in [5, 5.41) is 6.40. The van der Waals surface area contributed by atoms with Crippen molar-refractivity contribution in [1.82, 2.24) is 19.1 Å². The van der Waals surface area contributed by atoms with Gasteiger partial charge in [-0.15, -0.1) is 11.3 Å². The zero-order valence-corrected chi connectivity index (χ0v) is 17.7. The predicted molar refractivity (Wildman–Crippen MR) is 107 cm³/mol. The van der Waals surface area contributed by atoms with Gasteiger partial charge < -0.3 is 9.47 Å². The second-order valence-electron chi connectivity index (χ2n) is 6.18. The van der Waals surface area contributed by atoms with Crippen LogP contribution in [0.2, 0.25) is 0 Å². The van der Waals surface area contributed by atoms with E-state index in [-0.39, 0.29) is 23.8 Å². The minimum Gasteiger partial charge on any atom is -0.490 e. The van der Waals surface area contributed by atoms with Crippen molar-refractivity contribution in [2.24, 2.45) is 7.05 Å². The molecule has 0 saturated heterocycles. The zero-order valence-electron chi connectivity index (χ0n) is 16.1. The monoisotopic (exact) mass is 436 g/mol. The first-order valence-corrected chi connectivity index (χ1v) is 10.9. The van der Waals surface area contributed by atoms with Crippen LogP contribution in [0.3, 0.4) is 0 Å². The van der Waals surface area contributed by atoms with E-state index in [9.17, 15) is 13.2 Å². The number of carbonyl (C=O) groups excluding carboxylic acids is 1. The lowest BCUT2D eigenvalue weighted by Gasteiger charge is -2.12. The van der Waals surface area contributed by atoms with E-state index in [4.69, 9.17) is 9.47 Å². The molecule has 1 aromatic carbocycles. The minimum absolute atomic E-state index is 0.0380. The first-order chi connectivity index (χ1) is 13.8. The second-order valence-corrected chi connectivity index (χ2v) is 9.19. The quantitative estimate of drug-likeness (QED) is 0.393. The van der Waals surface area contributed by atoms with Crippen molar-refractivity contribution in [1.29, 1.82) is 0 Å². The third kappa shape index (κ3) is 5.00. The fourth-order valence-corrected chi connectivity index (χ4v) is 3.98. The number of thiazole rings is 1. The molecule has 11 heteroatoms. The lowest BCUT2D eigenvalue weighted by atomic mass is 10.3. The Morgan fingerprint density at radius 3 is 2.55 bits per heavy atom. The Bertz CT molecular complexity index is 1090. The number of benzene rings is 1. The van der Waals surface area contributed by atoms with Crippen molar-refractivity contribution in [3.05, 3.63) is 47.7 Å². The van der Waals surface area contributed by atoms with Gasteiger partial charge in [-0.05, 0) is 24.3 Å². The van der Waals surface area contributed by atoms with Crippen molar-refractivity contribution in [2.45, 2.75) is 4.90 Å². The maximum atomic E-state index is 12.1. The lowest BCUT2D eigenvalue weighted by molar-refractivity contribution is 0.0444. The van der Waals surface area contributed by atoms with Crippen LogP contribution in [-0.2, 0) is 21.8 Å². The molecule has 0 spiro atoms. The summed E-state index contributed by atoms with van der Waals surface area (Å²) in [5.74, 6) is -0.0568. The molecule has 3 aromatic rings. The zero-order chi connectivity index (χ0) is 21.0. The molecule has 2 heterocycles. The molecule has 0 fully saturated rings. The van der Waals surface area contributed by atoms with Crippen LogP contribution in [0, 0.1) is 0 Å². The smallest absolute Gasteiger partial charge is 0.357 e. The molecule has 9 nitrogen and oxygen atoms in total. The van der Waals surface area contributed by atoms with Gasteiger partial charge in [0.15, 0.2) is 5.69 Å². The highest BCUT2D eigenvalue weighted by Crippen LogP contribution is 2.23. The minimum atomic E-state index is -3.48. The first-order valence-electron chi connectivity index (χ1n) is 8.54. The number of aryl methyl sites for hydroxylation is 1. The molecule has 29 heavy (non-hydrogen) atoms. The van der Waals surface area contributed by atoms with Gasteiger partial charge in [-0.1, -0.05) is 0 Å². The number of hydrogen-bond acceptors (Lipinski definition) is 8. The number of rotatable bonds is 8. The van der Waals surface area contributed by atoms with E-state index in [1.54, 1.807) is 35.4 Å². The average Bonchev–Trinajstić information content (AvgIpc) is 3.34. The summed E-state index contributed by atoms with van der Waals surface area (Å²) in [6.45, 7) is 0.168. The average molecular weight is 437 g/mol.